The minimum Gasteiger partial charge on any atom is -0.480 e. The highest BCUT2D eigenvalue weighted by atomic mass is 16.6. The van der Waals surface area contributed by atoms with Crippen molar-refractivity contribution in [2.45, 2.75) is 50.8 Å². The Hall–Kier alpha value is -1.26. The topological polar surface area (TPSA) is 66.8 Å². The summed E-state index contributed by atoms with van der Waals surface area (Å²) in [6.07, 6.45) is 2.90. The van der Waals surface area contributed by atoms with Gasteiger partial charge in [0.15, 0.2) is 6.04 Å². The molecular weight excluding hydrogens is 198 g/mol. The molecule has 2 unspecified atom stereocenters. The van der Waals surface area contributed by atoms with Crippen molar-refractivity contribution in [3.8, 4) is 0 Å². The van der Waals surface area contributed by atoms with Gasteiger partial charge in [0.2, 0.25) is 0 Å². The number of carbonyl (C=O) groups is 2. The fraction of sp³-hybridized carbons (Fsp3) is 0.800. The van der Waals surface area contributed by atoms with E-state index in [0.717, 1.165) is 25.7 Å². The van der Waals surface area contributed by atoms with E-state index in [0.29, 0.717) is 0 Å². The monoisotopic (exact) mass is 213 g/mol. The molecule has 0 aromatic carbocycles. The molecule has 2 fully saturated rings. The van der Waals surface area contributed by atoms with Crippen LogP contribution in [0.3, 0.4) is 0 Å². The largest absolute Gasteiger partial charge is 0.480 e. The van der Waals surface area contributed by atoms with Crippen molar-refractivity contribution in [1.82, 2.24) is 4.90 Å². The Bertz CT molecular complexity index is 285. The van der Waals surface area contributed by atoms with Crippen molar-refractivity contribution in [3.63, 3.8) is 0 Å². The number of cyclic esters (lactones) is 1. The number of hydrogen-bond donors (Lipinski definition) is 1. The Balaban J connectivity index is 2.18. The molecule has 1 aliphatic heterocycles. The molecule has 2 aliphatic rings. The van der Waals surface area contributed by atoms with Crippen molar-refractivity contribution in [1.29, 1.82) is 0 Å². The first-order chi connectivity index (χ1) is 7.11. The lowest BCUT2D eigenvalue weighted by Crippen LogP contribution is -2.46. The van der Waals surface area contributed by atoms with E-state index in [9.17, 15) is 9.59 Å². The van der Waals surface area contributed by atoms with E-state index in [1.165, 1.54) is 4.90 Å². The number of nitrogens with zero attached hydrogens (tertiary/aromatic N) is 1. The van der Waals surface area contributed by atoms with Gasteiger partial charge in [-0.05, 0) is 19.8 Å². The lowest BCUT2D eigenvalue weighted by molar-refractivity contribution is -0.143. The van der Waals surface area contributed by atoms with Crippen LogP contribution in [0.1, 0.15) is 32.6 Å². The third kappa shape index (κ3) is 1.66. The SMILES string of the molecule is CC1OC(=O)N(C2CCCC2)C1C(=O)O. The van der Waals surface area contributed by atoms with Crippen molar-refractivity contribution in [3.05, 3.63) is 0 Å². The molecule has 0 aromatic rings. The second-order valence-electron chi connectivity index (χ2n) is 4.22. The lowest BCUT2D eigenvalue weighted by Gasteiger charge is -2.25. The number of carboxylic acids is 1. The molecule has 1 saturated carbocycles. The molecule has 0 spiro atoms. The maximum atomic E-state index is 11.5. The van der Waals surface area contributed by atoms with Crippen LogP contribution in [0.4, 0.5) is 4.79 Å². The molecule has 1 heterocycles. The van der Waals surface area contributed by atoms with Gasteiger partial charge in [0, 0.05) is 6.04 Å². The van der Waals surface area contributed by atoms with Gasteiger partial charge in [-0.3, -0.25) is 4.90 Å². The fourth-order valence-electron chi connectivity index (χ4n) is 2.50. The Kier molecular flexibility index (Phi) is 2.54. The molecule has 0 aromatic heterocycles. The average Bonchev–Trinajstić information content (AvgIpc) is 2.71. The zero-order chi connectivity index (χ0) is 11.0. The molecule has 0 bridgehead atoms. The molecule has 84 valence electrons. The second kappa shape index (κ2) is 3.72. The van der Waals surface area contributed by atoms with Gasteiger partial charge in [-0.25, -0.2) is 9.59 Å². The number of ether oxygens (including phenoxy) is 1. The summed E-state index contributed by atoms with van der Waals surface area (Å²) in [6.45, 7) is 1.63. The Morgan fingerprint density at radius 1 is 1.47 bits per heavy atom. The van der Waals surface area contributed by atoms with Gasteiger partial charge in [-0.15, -0.1) is 0 Å². The highest BCUT2D eigenvalue weighted by molar-refractivity contribution is 5.84. The maximum Gasteiger partial charge on any atom is 0.411 e. The van der Waals surface area contributed by atoms with E-state index >= 15 is 0 Å². The molecule has 2 atom stereocenters. The van der Waals surface area contributed by atoms with Crippen molar-refractivity contribution >= 4 is 12.1 Å². The minimum atomic E-state index is -0.972. The number of carboxylic acid groups (broad SMARTS) is 1. The Labute approximate surface area is 88.0 Å². The molecular formula is C10H15NO4. The van der Waals surface area contributed by atoms with Gasteiger partial charge < -0.3 is 9.84 Å². The first-order valence-electron chi connectivity index (χ1n) is 5.33. The van der Waals surface area contributed by atoms with E-state index < -0.39 is 24.2 Å². The van der Waals surface area contributed by atoms with Gasteiger partial charge in [0.1, 0.15) is 6.10 Å². The molecule has 5 heteroatoms. The summed E-state index contributed by atoms with van der Waals surface area (Å²) in [6, 6.07) is -0.746. The second-order valence-corrected chi connectivity index (χ2v) is 4.22. The first kappa shape index (κ1) is 10.3. The molecule has 1 N–H and O–H groups in total. The predicted octanol–water partition coefficient (Wildman–Crippen LogP) is 1.22. The zero-order valence-corrected chi connectivity index (χ0v) is 8.68. The van der Waals surface area contributed by atoms with E-state index in [1.807, 2.05) is 0 Å². The number of rotatable bonds is 2. The summed E-state index contributed by atoms with van der Waals surface area (Å²) < 4.78 is 4.97. The van der Waals surface area contributed by atoms with E-state index in [-0.39, 0.29) is 6.04 Å². The summed E-state index contributed by atoms with van der Waals surface area (Å²) in [7, 11) is 0. The summed E-state index contributed by atoms with van der Waals surface area (Å²) in [5.41, 5.74) is 0. The average molecular weight is 213 g/mol. The van der Waals surface area contributed by atoms with Crippen LogP contribution in [0.15, 0.2) is 0 Å². The number of amides is 1. The number of carbonyl (C=O) groups excluding carboxylic acids is 1. The number of hydrogen-bond acceptors (Lipinski definition) is 3. The quantitative estimate of drug-likeness (QED) is 0.749. The Morgan fingerprint density at radius 2 is 2.07 bits per heavy atom. The standard InChI is InChI=1S/C10H15NO4/c1-6-8(9(12)13)11(10(14)15-6)7-4-2-3-5-7/h6-8H,2-5H2,1H3,(H,12,13). The van der Waals surface area contributed by atoms with E-state index in [4.69, 9.17) is 9.84 Å². The van der Waals surface area contributed by atoms with Crippen LogP contribution in [0.2, 0.25) is 0 Å². The molecule has 2 rings (SSSR count). The van der Waals surface area contributed by atoms with Gasteiger partial charge in [-0.2, -0.15) is 0 Å². The first-order valence-corrected chi connectivity index (χ1v) is 5.33. The third-order valence-electron chi connectivity index (χ3n) is 3.21. The van der Waals surface area contributed by atoms with Gasteiger partial charge >= 0.3 is 12.1 Å². The summed E-state index contributed by atoms with van der Waals surface area (Å²) in [5.74, 6) is -0.972. The Morgan fingerprint density at radius 3 is 2.60 bits per heavy atom. The highest BCUT2D eigenvalue weighted by Gasteiger charge is 2.47. The smallest absolute Gasteiger partial charge is 0.411 e. The van der Waals surface area contributed by atoms with Gasteiger partial charge in [0.05, 0.1) is 0 Å². The van der Waals surface area contributed by atoms with E-state index in [1.54, 1.807) is 6.92 Å². The summed E-state index contributed by atoms with van der Waals surface area (Å²) in [5, 5.41) is 9.06. The van der Waals surface area contributed by atoms with Crippen molar-refractivity contribution in [2.24, 2.45) is 0 Å². The third-order valence-corrected chi connectivity index (χ3v) is 3.21. The normalized spacial score (nSPS) is 32.1. The summed E-state index contributed by atoms with van der Waals surface area (Å²) >= 11 is 0. The zero-order valence-electron chi connectivity index (χ0n) is 8.68. The van der Waals surface area contributed by atoms with Gasteiger partial charge in [-0.1, -0.05) is 12.8 Å². The van der Waals surface area contributed by atoms with Gasteiger partial charge in [0.25, 0.3) is 0 Å². The van der Waals surface area contributed by atoms with Crippen molar-refractivity contribution in [2.75, 3.05) is 0 Å². The summed E-state index contributed by atoms with van der Waals surface area (Å²) in [4.78, 5) is 24.0. The number of aliphatic carboxylic acids is 1. The van der Waals surface area contributed by atoms with Crippen LogP contribution in [0, 0.1) is 0 Å². The predicted molar refractivity (Wildman–Crippen MR) is 51.5 cm³/mol. The maximum absolute atomic E-state index is 11.5. The molecule has 1 aliphatic carbocycles. The molecule has 0 radical (unpaired) electrons. The van der Waals surface area contributed by atoms with Crippen LogP contribution in [-0.2, 0) is 9.53 Å². The van der Waals surface area contributed by atoms with Crippen LogP contribution < -0.4 is 0 Å². The van der Waals surface area contributed by atoms with Crippen LogP contribution in [0.5, 0.6) is 0 Å². The molecule has 5 nitrogen and oxygen atoms in total. The van der Waals surface area contributed by atoms with Crippen LogP contribution >= 0.6 is 0 Å². The molecule has 1 amide bonds. The lowest BCUT2D eigenvalue weighted by atomic mass is 10.1. The molecule has 15 heavy (non-hydrogen) atoms. The highest BCUT2D eigenvalue weighted by Crippen LogP contribution is 2.30. The van der Waals surface area contributed by atoms with Crippen LogP contribution in [-0.4, -0.2) is 40.3 Å². The van der Waals surface area contributed by atoms with E-state index in [2.05, 4.69) is 0 Å². The van der Waals surface area contributed by atoms with Crippen molar-refractivity contribution < 1.29 is 19.4 Å². The molecule has 1 saturated heterocycles. The fourth-order valence-corrected chi connectivity index (χ4v) is 2.50. The minimum absolute atomic E-state index is 0.0588. The van der Waals surface area contributed by atoms with Crippen LogP contribution in [0.25, 0.3) is 0 Å².